The molecule has 99 heavy (non-hydrogen) atoms. The normalized spacial score (nSPS) is 14.9. The quantitative estimate of drug-likeness (QED) is 0.0222. The molecular weight excluding hydrogens is 1290 g/mol. The molecule has 0 fully saturated rings. The number of esters is 4. The van der Waals surface area contributed by atoms with Crippen LogP contribution < -0.4 is 0 Å². The molecule has 0 aliphatic carbocycles. The largest absolute Gasteiger partial charge is 0.472 e. The van der Waals surface area contributed by atoms with E-state index < -0.39 is 97.5 Å². The van der Waals surface area contributed by atoms with Crippen molar-refractivity contribution in [2.75, 3.05) is 39.6 Å². The number of phosphoric acid groups is 2. The Kier molecular flexibility index (Phi) is 67.8. The summed E-state index contributed by atoms with van der Waals surface area (Å²) in [5.41, 5.74) is 0. The lowest BCUT2D eigenvalue weighted by Gasteiger charge is -2.21. The maximum absolute atomic E-state index is 13.1. The maximum Gasteiger partial charge on any atom is 0.472 e. The number of phosphoric ester groups is 2. The number of hydrogen-bond acceptors (Lipinski definition) is 15. The Hall–Kier alpha value is -1.94. The number of rotatable bonds is 77. The molecule has 0 aromatic heterocycles. The highest BCUT2D eigenvalue weighted by Gasteiger charge is 2.30. The minimum Gasteiger partial charge on any atom is -0.462 e. The number of aliphatic hydroxyl groups excluding tert-OH is 1. The third kappa shape index (κ3) is 70.2. The summed E-state index contributed by atoms with van der Waals surface area (Å²) in [7, 11) is -9.92. The fourth-order valence-corrected chi connectivity index (χ4v) is 13.7. The second-order valence-electron chi connectivity index (χ2n) is 30.0. The smallest absolute Gasteiger partial charge is 0.462 e. The van der Waals surface area contributed by atoms with Crippen LogP contribution in [0, 0.1) is 23.7 Å². The fourth-order valence-electron chi connectivity index (χ4n) is 12.2. The van der Waals surface area contributed by atoms with E-state index in [1.807, 2.05) is 0 Å². The average molecular weight is 1450 g/mol. The van der Waals surface area contributed by atoms with Gasteiger partial charge in [-0.25, -0.2) is 9.13 Å². The Morgan fingerprint density at radius 1 is 0.283 bits per heavy atom. The molecule has 0 saturated heterocycles. The van der Waals surface area contributed by atoms with Crippen LogP contribution in [0.15, 0.2) is 0 Å². The first-order chi connectivity index (χ1) is 47.7. The van der Waals surface area contributed by atoms with E-state index in [9.17, 15) is 43.2 Å². The Labute approximate surface area is 607 Å². The Morgan fingerprint density at radius 3 is 0.717 bits per heavy atom. The molecule has 8 atom stereocenters. The minimum absolute atomic E-state index is 0.106. The van der Waals surface area contributed by atoms with Crippen LogP contribution in [0.4, 0.5) is 0 Å². The molecule has 0 aliphatic rings. The van der Waals surface area contributed by atoms with Crippen molar-refractivity contribution in [1.29, 1.82) is 0 Å². The molecule has 0 saturated carbocycles. The molecule has 19 heteroatoms. The lowest BCUT2D eigenvalue weighted by atomic mass is 9.99. The Balaban J connectivity index is 5.18. The van der Waals surface area contributed by atoms with Crippen molar-refractivity contribution >= 4 is 39.5 Å². The van der Waals surface area contributed by atoms with Crippen LogP contribution >= 0.6 is 15.6 Å². The Morgan fingerprint density at radius 2 is 0.485 bits per heavy atom. The van der Waals surface area contributed by atoms with E-state index in [0.29, 0.717) is 25.7 Å². The van der Waals surface area contributed by atoms with Crippen LogP contribution in [0.2, 0.25) is 0 Å². The SMILES string of the molecule is CCC(C)CCCCCCCCCCCCCCCCC(=O)O[C@H](COC(=O)CCCCCCCCC(C)CC)COP(=O)(O)OC[C@@H](O)COP(=O)(O)OC[C@@H](COC(=O)CCCCCCCCC(C)CC)OC(=O)CCCCCCCCCCCCCCCCCCCCC(C)C. The van der Waals surface area contributed by atoms with Gasteiger partial charge in [0.1, 0.15) is 19.3 Å². The van der Waals surface area contributed by atoms with Gasteiger partial charge in [0.2, 0.25) is 0 Å². The van der Waals surface area contributed by atoms with E-state index >= 15 is 0 Å². The number of unbranched alkanes of at least 4 members (excludes halogenated alkanes) is 40. The molecule has 17 nitrogen and oxygen atoms in total. The standard InChI is InChI=1S/C80H156O17P2/c1-9-71(6)57-49-41-33-29-25-21-18-19-23-27-31-35-47-55-63-80(85)97-76(67-91-78(83)61-53-45-39-37-43-51-59-73(8)11-3)69-95-99(88,89)93-65-74(81)64-92-98(86,87)94-68-75(66-90-77(82)60-52-44-38-36-42-50-58-72(7)10-2)96-79(84)62-54-46-34-30-26-22-17-15-13-12-14-16-20-24-28-32-40-48-56-70(4)5/h70-76,81H,9-69H2,1-8H3,(H,86,87)(H,88,89)/t71?,72?,73?,74-,75+,76+/m0/s1. The predicted molar refractivity (Wildman–Crippen MR) is 404 cm³/mol. The molecule has 0 amide bonds. The van der Waals surface area contributed by atoms with Crippen LogP contribution in [0.25, 0.3) is 0 Å². The highest BCUT2D eigenvalue weighted by Crippen LogP contribution is 2.45. The van der Waals surface area contributed by atoms with Crippen molar-refractivity contribution in [3.05, 3.63) is 0 Å². The summed E-state index contributed by atoms with van der Waals surface area (Å²) in [6.45, 7) is 14.2. The summed E-state index contributed by atoms with van der Waals surface area (Å²) < 4.78 is 68.6. The molecule has 0 bridgehead atoms. The zero-order valence-corrected chi connectivity index (χ0v) is 66.9. The highest BCUT2D eigenvalue weighted by atomic mass is 31.2. The Bertz CT molecular complexity index is 1940. The van der Waals surface area contributed by atoms with Crippen LogP contribution in [0.1, 0.15) is 409 Å². The predicted octanol–water partition coefficient (Wildman–Crippen LogP) is 23.6. The second kappa shape index (κ2) is 69.1. The monoisotopic (exact) mass is 1450 g/mol. The number of ether oxygens (including phenoxy) is 4. The average Bonchev–Trinajstić information content (AvgIpc) is 2.34. The minimum atomic E-state index is -4.96. The number of carbonyl (C=O) groups is 4. The third-order valence-corrected chi connectivity index (χ3v) is 21.6. The first-order valence-corrected chi connectivity index (χ1v) is 44.3. The number of hydrogen-bond donors (Lipinski definition) is 3. The van der Waals surface area contributed by atoms with E-state index in [1.165, 1.54) is 199 Å². The third-order valence-electron chi connectivity index (χ3n) is 19.7. The van der Waals surface area contributed by atoms with E-state index in [2.05, 4.69) is 55.4 Å². The van der Waals surface area contributed by atoms with Gasteiger partial charge < -0.3 is 33.8 Å². The summed E-state index contributed by atoms with van der Waals surface area (Å²) in [4.78, 5) is 72.9. The molecule has 0 heterocycles. The molecule has 5 unspecified atom stereocenters. The molecule has 0 spiro atoms. The fraction of sp³-hybridized carbons (Fsp3) is 0.950. The van der Waals surface area contributed by atoms with Gasteiger partial charge in [0.05, 0.1) is 26.4 Å². The van der Waals surface area contributed by atoms with E-state index in [1.54, 1.807) is 0 Å². The van der Waals surface area contributed by atoms with Crippen molar-refractivity contribution in [3.63, 3.8) is 0 Å². The van der Waals surface area contributed by atoms with E-state index in [4.69, 9.17) is 37.0 Å². The van der Waals surface area contributed by atoms with Gasteiger partial charge in [-0.1, -0.05) is 357 Å². The van der Waals surface area contributed by atoms with Gasteiger partial charge in [-0.2, -0.15) is 0 Å². The molecule has 0 aromatic rings. The van der Waals surface area contributed by atoms with Gasteiger partial charge in [-0.15, -0.1) is 0 Å². The topological polar surface area (TPSA) is 237 Å². The first-order valence-electron chi connectivity index (χ1n) is 41.3. The van der Waals surface area contributed by atoms with Crippen LogP contribution in [-0.4, -0.2) is 96.7 Å². The van der Waals surface area contributed by atoms with Crippen LogP contribution in [0.5, 0.6) is 0 Å². The molecule has 588 valence electrons. The van der Waals surface area contributed by atoms with Gasteiger partial charge >= 0.3 is 39.5 Å². The number of aliphatic hydroxyl groups is 1. The van der Waals surface area contributed by atoms with E-state index in [-0.39, 0.29) is 25.7 Å². The first kappa shape index (κ1) is 97.1. The lowest BCUT2D eigenvalue weighted by molar-refractivity contribution is -0.161. The summed E-state index contributed by atoms with van der Waals surface area (Å²) in [6.07, 6.45) is 55.6. The maximum atomic E-state index is 13.1. The molecule has 0 aliphatic heterocycles. The van der Waals surface area contributed by atoms with Crippen LogP contribution in [-0.2, 0) is 65.4 Å². The number of carbonyl (C=O) groups excluding carboxylic acids is 4. The van der Waals surface area contributed by atoms with Crippen molar-refractivity contribution in [2.45, 2.75) is 427 Å². The van der Waals surface area contributed by atoms with Crippen molar-refractivity contribution in [1.82, 2.24) is 0 Å². The summed E-state index contributed by atoms with van der Waals surface area (Å²) in [6, 6.07) is 0. The molecule has 0 rings (SSSR count). The summed E-state index contributed by atoms with van der Waals surface area (Å²) >= 11 is 0. The zero-order chi connectivity index (χ0) is 73.1. The lowest BCUT2D eigenvalue weighted by Crippen LogP contribution is -2.30. The highest BCUT2D eigenvalue weighted by molar-refractivity contribution is 7.47. The van der Waals surface area contributed by atoms with E-state index in [0.717, 1.165) is 126 Å². The van der Waals surface area contributed by atoms with Gasteiger partial charge in [0, 0.05) is 25.7 Å². The summed E-state index contributed by atoms with van der Waals surface area (Å²) in [5.74, 6) is 1.01. The second-order valence-corrected chi connectivity index (χ2v) is 32.9. The van der Waals surface area contributed by atoms with Gasteiger partial charge in [0.15, 0.2) is 12.2 Å². The van der Waals surface area contributed by atoms with Crippen molar-refractivity contribution < 1.29 is 80.2 Å². The zero-order valence-electron chi connectivity index (χ0n) is 65.1. The molecule has 0 aromatic carbocycles. The van der Waals surface area contributed by atoms with Gasteiger partial charge in [-0.05, 0) is 49.4 Å². The van der Waals surface area contributed by atoms with Gasteiger partial charge in [0.25, 0.3) is 0 Å². The van der Waals surface area contributed by atoms with Gasteiger partial charge in [-0.3, -0.25) is 37.3 Å². The summed E-state index contributed by atoms with van der Waals surface area (Å²) in [5, 5.41) is 10.6. The van der Waals surface area contributed by atoms with Crippen LogP contribution in [0.3, 0.4) is 0 Å². The van der Waals surface area contributed by atoms with Crippen molar-refractivity contribution in [2.24, 2.45) is 23.7 Å². The molecule has 3 N–H and O–H groups in total. The molecular formula is C80H156O17P2. The van der Waals surface area contributed by atoms with Crippen molar-refractivity contribution in [3.8, 4) is 0 Å². The molecule has 0 radical (unpaired) electrons.